The second kappa shape index (κ2) is 8.06. The summed E-state index contributed by atoms with van der Waals surface area (Å²) in [6.45, 7) is 2.80. The molecule has 0 spiro atoms. The average Bonchev–Trinajstić information content (AvgIpc) is 2.65. The SMILES string of the molecule is COCC12CCCOC1CCN(C(=O)COc1ccccc1OC)C2. The second-order valence-corrected chi connectivity index (χ2v) is 6.80. The van der Waals surface area contributed by atoms with Crippen molar-refractivity contribution < 1.29 is 23.7 Å². The third-order valence-corrected chi connectivity index (χ3v) is 5.19. The summed E-state index contributed by atoms with van der Waals surface area (Å²) >= 11 is 0. The molecule has 2 aliphatic heterocycles. The molecule has 138 valence electrons. The van der Waals surface area contributed by atoms with Crippen molar-refractivity contribution >= 4 is 5.91 Å². The molecule has 25 heavy (non-hydrogen) atoms. The van der Waals surface area contributed by atoms with Gasteiger partial charge in [0.05, 0.1) is 19.8 Å². The van der Waals surface area contributed by atoms with Crippen LogP contribution in [0.3, 0.4) is 0 Å². The summed E-state index contributed by atoms with van der Waals surface area (Å²) in [7, 11) is 3.30. The first-order chi connectivity index (χ1) is 12.2. The molecule has 2 aliphatic rings. The minimum Gasteiger partial charge on any atom is -0.493 e. The topological polar surface area (TPSA) is 57.2 Å². The Morgan fingerprint density at radius 1 is 1.32 bits per heavy atom. The zero-order valence-corrected chi connectivity index (χ0v) is 15.0. The van der Waals surface area contributed by atoms with E-state index in [9.17, 15) is 4.79 Å². The van der Waals surface area contributed by atoms with Crippen molar-refractivity contribution in [3.8, 4) is 11.5 Å². The minimum atomic E-state index is -0.0919. The highest BCUT2D eigenvalue weighted by Crippen LogP contribution is 2.40. The van der Waals surface area contributed by atoms with Crippen molar-refractivity contribution in [2.45, 2.75) is 25.4 Å². The van der Waals surface area contributed by atoms with Gasteiger partial charge in [0.2, 0.25) is 0 Å². The van der Waals surface area contributed by atoms with Gasteiger partial charge in [-0.15, -0.1) is 0 Å². The molecule has 6 nitrogen and oxygen atoms in total. The van der Waals surface area contributed by atoms with Gasteiger partial charge in [-0.25, -0.2) is 0 Å². The standard InChI is InChI=1S/C19H27NO5/c1-22-14-19-9-5-11-24-17(19)8-10-20(13-19)18(21)12-25-16-7-4-3-6-15(16)23-2/h3-4,6-7,17H,5,8-14H2,1-2H3. The highest BCUT2D eigenvalue weighted by atomic mass is 16.5. The van der Waals surface area contributed by atoms with Gasteiger partial charge in [-0.3, -0.25) is 4.79 Å². The van der Waals surface area contributed by atoms with E-state index in [-0.39, 0.29) is 24.0 Å². The quantitative estimate of drug-likeness (QED) is 0.787. The Morgan fingerprint density at radius 3 is 2.88 bits per heavy atom. The third-order valence-electron chi connectivity index (χ3n) is 5.19. The molecule has 0 bridgehead atoms. The lowest BCUT2D eigenvalue weighted by molar-refractivity contribution is -0.163. The van der Waals surface area contributed by atoms with Crippen LogP contribution in [0.25, 0.3) is 0 Å². The fraction of sp³-hybridized carbons (Fsp3) is 0.632. The van der Waals surface area contributed by atoms with Crippen molar-refractivity contribution in [2.75, 3.05) is 47.1 Å². The fourth-order valence-corrected chi connectivity index (χ4v) is 3.97. The molecule has 6 heteroatoms. The van der Waals surface area contributed by atoms with Crippen LogP contribution in [-0.4, -0.2) is 64.0 Å². The van der Waals surface area contributed by atoms with Gasteiger partial charge in [-0.2, -0.15) is 0 Å². The van der Waals surface area contributed by atoms with Gasteiger partial charge in [0, 0.05) is 32.2 Å². The molecule has 0 radical (unpaired) electrons. The molecule has 0 saturated carbocycles. The highest BCUT2D eigenvalue weighted by Gasteiger charge is 2.47. The molecule has 1 aromatic rings. The first-order valence-electron chi connectivity index (χ1n) is 8.83. The molecule has 2 fully saturated rings. The Hall–Kier alpha value is -1.79. The number of fused-ring (bicyclic) bond motifs is 1. The van der Waals surface area contributed by atoms with Crippen LogP contribution in [0.4, 0.5) is 0 Å². The van der Waals surface area contributed by atoms with Gasteiger partial charge < -0.3 is 23.8 Å². The lowest BCUT2D eigenvalue weighted by Crippen LogP contribution is -2.58. The van der Waals surface area contributed by atoms with Gasteiger partial charge in [0.1, 0.15) is 0 Å². The number of ether oxygens (including phenoxy) is 4. The molecule has 0 aromatic heterocycles. The number of likely N-dealkylation sites (tertiary alicyclic amines) is 1. The summed E-state index contributed by atoms with van der Waals surface area (Å²) < 4.78 is 22.4. The molecule has 2 heterocycles. The first kappa shape index (κ1) is 18.0. The number of hydrogen-bond donors (Lipinski definition) is 0. The number of nitrogens with zero attached hydrogens (tertiary/aromatic N) is 1. The van der Waals surface area contributed by atoms with Crippen molar-refractivity contribution in [2.24, 2.45) is 5.41 Å². The molecular formula is C19H27NO5. The van der Waals surface area contributed by atoms with Crippen LogP contribution in [0.15, 0.2) is 24.3 Å². The number of amides is 1. The number of methoxy groups -OCH3 is 2. The van der Waals surface area contributed by atoms with Crippen LogP contribution < -0.4 is 9.47 Å². The maximum Gasteiger partial charge on any atom is 0.260 e. The Labute approximate surface area is 149 Å². The van der Waals surface area contributed by atoms with Crippen LogP contribution in [-0.2, 0) is 14.3 Å². The predicted octanol–water partition coefficient (Wildman–Crippen LogP) is 2.12. The number of benzene rings is 1. The van der Waals surface area contributed by atoms with E-state index in [4.69, 9.17) is 18.9 Å². The monoisotopic (exact) mass is 349 g/mol. The van der Waals surface area contributed by atoms with Crippen molar-refractivity contribution in [1.29, 1.82) is 0 Å². The smallest absolute Gasteiger partial charge is 0.260 e. The Morgan fingerprint density at radius 2 is 2.12 bits per heavy atom. The Balaban J connectivity index is 1.62. The van der Waals surface area contributed by atoms with Crippen LogP contribution in [0, 0.1) is 5.41 Å². The van der Waals surface area contributed by atoms with E-state index < -0.39 is 0 Å². The maximum absolute atomic E-state index is 12.7. The molecule has 1 amide bonds. The molecule has 2 saturated heterocycles. The largest absolute Gasteiger partial charge is 0.493 e. The normalized spacial score (nSPS) is 26.0. The van der Waals surface area contributed by atoms with E-state index in [1.165, 1.54) is 0 Å². The van der Waals surface area contributed by atoms with Gasteiger partial charge >= 0.3 is 0 Å². The molecule has 3 rings (SSSR count). The summed E-state index contributed by atoms with van der Waals surface area (Å²) in [6.07, 6.45) is 3.08. The number of hydrogen-bond acceptors (Lipinski definition) is 5. The van der Waals surface area contributed by atoms with Gasteiger partial charge in [0.25, 0.3) is 5.91 Å². The maximum atomic E-state index is 12.7. The fourth-order valence-electron chi connectivity index (χ4n) is 3.97. The average molecular weight is 349 g/mol. The summed E-state index contributed by atoms with van der Waals surface area (Å²) in [5, 5.41) is 0. The number of rotatable bonds is 6. The van der Waals surface area contributed by atoms with E-state index in [1.807, 2.05) is 23.1 Å². The molecular weight excluding hydrogens is 322 g/mol. The predicted molar refractivity (Wildman–Crippen MR) is 93.0 cm³/mol. The summed E-state index contributed by atoms with van der Waals surface area (Å²) in [6, 6.07) is 7.36. The summed E-state index contributed by atoms with van der Waals surface area (Å²) in [5.74, 6) is 1.21. The third kappa shape index (κ3) is 3.90. The van der Waals surface area contributed by atoms with E-state index in [0.29, 0.717) is 31.2 Å². The Bertz CT molecular complexity index is 589. The molecule has 2 unspecified atom stereocenters. The minimum absolute atomic E-state index is 0.00888. The molecule has 0 aliphatic carbocycles. The van der Waals surface area contributed by atoms with Crippen LogP contribution in [0.5, 0.6) is 11.5 Å². The number of piperidine rings is 1. The molecule has 1 aromatic carbocycles. The van der Waals surface area contributed by atoms with E-state index in [2.05, 4.69) is 0 Å². The van der Waals surface area contributed by atoms with Crippen molar-refractivity contribution in [3.05, 3.63) is 24.3 Å². The zero-order chi connectivity index (χ0) is 17.7. The van der Waals surface area contributed by atoms with Crippen molar-refractivity contribution in [1.82, 2.24) is 4.90 Å². The van der Waals surface area contributed by atoms with E-state index in [0.717, 1.165) is 25.9 Å². The summed E-state index contributed by atoms with van der Waals surface area (Å²) in [4.78, 5) is 14.6. The first-order valence-corrected chi connectivity index (χ1v) is 8.83. The van der Waals surface area contributed by atoms with Crippen molar-refractivity contribution in [3.63, 3.8) is 0 Å². The lowest BCUT2D eigenvalue weighted by Gasteiger charge is -2.50. The zero-order valence-electron chi connectivity index (χ0n) is 15.0. The van der Waals surface area contributed by atoms with E-state index in [1.54, 1.807) is 20.3 Å². The highest BCUT2D eigenvalue weighted by molar-refractivity contribution is 5.78. The summed E-state index contributed by atoms with van der Waals surface area (Å²) in [5.41, 5.74) is -0.0919. The Kier molecular flexibility index (Phi) is 5.81. The molecule has 0 N–H and O–H groups in total. The van der Waals surface area contributed by atoms with E-state index >= 15 is 0 Å². The van der Waals surface area contributed by atoms with Gasteiger partial charge in [-0.05, 0) is 31.4 Å². The van der Waals surface area contributed by atoms with Crippen LogP contribution in [0.1, 0.15) is 19.3 Å². The number of carbonyl (C=O) groups excluding carboxylic acids is 1. The number of carbonyl (C=O) groups is 1. The van der Waals surface area contributed by atoms with Crippen LogP contribution in [0.2, 0.25) is 0 Å². The van der Waals surface area contributed by atoms with Gasteiger partial charge in [0.15, 0.2) is 18.1 Å². The lowest BCUT2D eigenvalue weighted by atomic mass is 9.73. The van der Waals surface area contributed by atoms with Crippen LogP contribution >= 0.6 is 0 Å². The second-order valence-electron chi connectivity index (χ2n) is 6.80. The van der Waals surface area contributed by atoms with Gasteiger partial charge in [-0.1, -0.05) is 12.1 Å². The molecule has 2 atom stereocenters. The number of para-hydroxylation sites is 2.